The summed E-state index contributed by atoms with van der Waals surface area (Å²) in [7, 11) is 0. The number of hydrogen-bond donors (Lipinski definition) is 1. The summed E-state index contributed by atoms with van der Waals surface area (Å²) in [5.41, 5.74) is 2.17. The molecule has 19 heavy (non-hydrogen) atoms. The molecule has 100 valence electrons. The van der Waals surface area contributed by atoms with E-state index in [0.717, 1.165) is 28.6 Å². The van der Waals surface area contributed by atoms with Gasteiger partial charge < -0.3 is 0 Å². The zero-order valence-corrected chi connectivity index (χ0v) is 12.5. The predicted molar refractivity (Wildman–Crippen MR) is 82.7 cm³/mol. The van der Waals surface area contributed by atoms with Crippen molar-refractivity contribution in [3.05, 3.63) is 37.7 Å². The van der Waals surface area contributed by atoms with Gasteiger partial charge in [0.05, 0.1) is 0 Å². The zero-order chi connectivity index (χ0) is 13.6. The van der Waals surface area contributed by atoms with Crippen LogP contribution in [0.15, 0.2) is 16.9 Å². The van der Waals surface area contributed by atoms with Gasteiger partial charge in [-0.25, -0.2) is 4.79 Å². The second-order valence-corrected chi connectivity index (χ2v) is 6.69. The number of aromatic nitrogens is 2. The van der Waals surface area contributed by atoms with Crippen LogP contribution in [0.4, 0.5) is 0 Å². The fourth-order valence-electron chi connectivity index (χ4n) is 2.69. The summed E-state index contributed by atoms with van der Waals surface area (Å²) in [6.07, 6.45) is 4.65. The number of thiophene rings is 1. The van der Waals surface area contributed by atoms with Crippen LogP contribution in [0.25, 0.3) is 10.2 Å². The molecule has 0 unspecified atom stereocenters. The summed E-state index contributed by atoms with van der Waals surface area (Å²) in [6.45, 7) is 6.28. The van der Waals surface area contributed by atoms with E-state index in [1.54, 1.807) is 15.9 Å². The van der Waals surface area contributed by atoms with Crippen LogP contribution in [-0.2, 0) is 19.4 Å². The molecule has 0 atom stereocenters. The molecule has 3 rings (SSSR count). The minimum atomic E-state index is -0.126. The number of nitrogens with one attached hydrogen (secondary N) is 1. The van der Waals surface area contributed by atoms with Gasteiger partial charge in [-0.05, 0) is 38.2 Å². The van der Waals surface area contributed by atoms with Crippen molar-refractivity contribution in [1.29, 1.82) is 0 Å². The maximum Gasteiger partial charge on any atom is 0.327 e. The Morgan fingerprint density at radius 2 is 2.21 bits per heavy atom. The molecular formula is C14H16N2OS2. The van der Waals surface area contributed by atoms with Crippen LogP contribution in [-0.4, -0.2) is 9.55 Å². The molecule has 0 spiro atoms. The Labute approximate surface area is 120 Å². The Bertz CT molecular complexity index is 779. The molecule has 3 nitrogen and oxygen atoms in total. The molecule has 1 aliphatic carbocycles. The van der Waals surface area contributed by atoms with Gasteiger partial charge in [-0.3, -0.25) is 9.55 Å². The van der Waals surface area contributed by atoms with Crippen molar-refractivity contribution in [2.45, 2.75) is 39.2 Å². The van der Waals surface area contributed by atoms with Crippen LogP contribution in [0.3, 0.4) is 0 Å². The van der Waals surface area contributed by atoms with E-state index in [1.807, 2.05) is 6.92 Å². The fourth-order valence-corrected chi connectivity index (χ4v) is 4.40. The van der Waals surface area contributed by atoms with E-state index in [9.17, 15) is 4.79 Å². The quantitative estimate of drug-likeness (QED) is 0.678. The number of hydrogen-bond acceptors (Lipinski definition) is 3. The molecule has 2 aromatic heterocycles. The third-order valence-corrected chi connectivity index (χ3v) is 5.16. The van der Waals surface area contributed by atoms with E-state index in [0.29, 0.717) is 11.2 Å². The van der Waals surface area contributed by atoms with E-state index in [4.69, 9.17) is 12.2 Å². The molecule has 0 aromatic carbocycles. The van der Waals surface area contributed by atoms with Gasteiger partial charge in [0, 0.05) is 16.8 Å². The lowest BCUT2D eigenvalue weighted by Crippen LogP contribution is -2.23. The average Bonchev–Trinajstić information content (AvgIpc) is 2.72. The van der Waals surface area contributed by atoms with Crippen molar-refractivity contribution < 1.29 is 0 Å². The molecule has 0 radical (unpaired) electrons. The van der Waals surface area contributed by atoms with E-state index >= 15 is 0 Å². The van der Waals surface area contributed by atoms with Gasteiger partial charge in [0.2, 0.25) is 0 Å². The summed E-state index contributed by atoms with van der Waals surface area (Å²) in [5, 5.41) is 1.09. The Morgan fingerprint density at radius 1 is 1.47 bits per heavy atom. The van der Waals surface area contributed by atoms with E-state index in [2.05, 4.69) is 11.6 Å². The average molecular weight is 292 g/mol. The van der Waals surface area contributed by atoms with Crippen molar-refractivity contribution in [2.24, 2.45) is 0 Å². The van der Waals surface area contributed by atoms with E-state index in [1.165, 1.54) is 23.3 Å². The first-order valence-corrected chi connectivity index (χ1v) is 7.72. The van der Waals surface area contributed by atoms with Gasteiger partial charge in [-0.15, -0.1) is 11.3 Å². The van der Waals surface area contributed by atoms with Crippen molar-refractivity contribution in [3.8, 4) is 0 Å². The van der Waals surface area contributed by atoms with Gasteiger partial charge in [-0.1, -0.05) is 24.4 Å². The maximum atomic E-state index is 12.1. The number of nitrogens with zero attached hydrogens (tertiary/aromatic N) is 1. The third kappa shape index (κ3) is 2.11. The van der Waals surface area contributed by atoms with E-state index in [-0.39, 0.29) is 5.69 Å². The summed E-state index contributed by atoms with van der Waals surface area (Å²) in [4.78, 5) is 17.4. The van der Waals surface area contributed by atoms with Gasteiger partial charge in [0.25, 0.3) is 0 Å². The zero-order valence-electron chi connectivity index (χ0n) is 10.9. The van der Waals surface area contributed by atoms with Crippen LogP contribution in [0, 0.1) is 4.64 Å². The molecule has 0 aliphatic heterocycles. The first kappa shape index (κ1) is 12.8. The second kappa shape index (κ2) is 4.72. The summed E-state index contributed by atoms with van der Waals surface area (Å²) >= 11 is 7.24. The van der Waals surface area contributed by atoms with Gasteiger partial charge >= 0.3 is 5.69 Å². The SMILES string of the molecule is C=C(C)Cn1c(=O)[nH]c2sc3c(c2c1=S)CCCC3. The molecule has 5 heteroatoms. The number of H-pyrrole nitrogens is 1. The van der Waals surface area contributed by atoms with Gasteiger partial charge in [0.15, 0.2) is 0 Å². The molecule has 2 heterocycles. The highest BCUT2D eigenvalue weighted by Crippen LogP contribution is 2.35. The van der Waals surface area contributed by atoms with Crippen molar-refractivity contribution in [2.75, 3.05) is 0 Å². The Balaban J connectivity index is 2.33. The summed E-state index contributed by atoms with van der Waals surface area (Å²) in [6, 6.07) is 0. The smallest absolute Gasteiger partial charge is 0.298 e. The molecule has 1 N–H and O–H groups in total. The Hall–Kier alpha value is -1.20. The van der Waals surface area contributed by atoms with Crippen molar-refractivity contribution in [1.82, 2.24) is 9.55 Å². The molecule has 0 fully saturated rings. The lowest BCUT2D eigenvalue weighted by Gasteiger charge is -2.11. The number of fused-ring (bicyclic) bond motifs is 3. The molecular weight excluding hydrogens is 276 g/mol. The van der Waals surface area contributed by atoms with Crippen LogP contribution in [0.5, 0.6) is 0 Å². The summed E-state index contributed by atoms with van der Waals surface area (Å²) < 4.78 is 2.29. The topological polar surface area (TPSA) is 37.8 Å². The lowest BCUT2D eigenvalue weighted by molar-refractivity contribution is 0.695. The highest BCUT2D eigenvalue weighted by atomic mass is 32.1. The normalized spacial score (nSPS) is 14.6. The van der Waals surface area contributed by atoms with Crippen LogP contribution in [0.2, 0.25) is 0 Å². The first-order valence-electron chi connectivity index (χ1n) is 6.49. The maximum absolute atomic E-state index is 12.1. The highest BCUT2D eigenvalue weighted by molar-refractivity contribution is 7.71. The van der Waals surface area contributed by atoms with Gasteiger partial charge in [-0.2, -0.15) is 0 Å². The Kier molecular flexibility index (Phi) is 3.19. The molecule has 1 aliphatic rings. The second-order valence-electron chi connectivity index (χ2n) is 5.19. The predicted octanol–water partition coefficient (Wildman–Crippen LogP) is 3.58. The standard InChI is InChI=1S/C14H16N2OS2/c1-8(2)7-16-13(18)11-9-5-3-4-6-10(9)19-12(11)15-14(16)17/h1,3-7H2,2H3,(H,15,17). The molecule has 0 bridgehead atoms. The van der Waals surface area contributed by atoms with Crippen LogP contribution >= 0.6 is 23.6 Å². The first-order chi connectivity index (χ1) is 9.08. The lowest BCUT2D eigenvalue weighted by atomic mass is 9.97. The summed E-state index contributed by atoms with van der Waals surface area (Å²) in [5.74, 6) is 0. The minimum absolute atomic E-state index is 0.126. The molecule has 2 aromatic rings. The van der Waals surface area contributed by atoms with Gasteiger partial charge in [0.1, 0.15) is 9.47 Å². The third-order valence-electron chi connectivity index (χ3n) is 3.52. The Morgan fingerprint density at radius 3 is 2.95 bits per heavy atom. The molecule has 0 amide bonds. The molecule has 0 saturated carbocycles. The minimum Gasteiger partial charge on any atom is -0.298 e. The molecule has 0 saturated heterocycles. The monoisotopic (exact) mass is 292 g/mol. The van der Waals surface area contributed by atoms with Crippen molar-refractivity contribution in [3.63, 3.8) is 0 Å². The fraction of sp³-hybridized carbons (Fsp3) is 0.429. The number of aryl methyl sites for hydroxylation is 2. The van der Waals surface area contributed by atoms with Crippen LogP contribution < -0.4 is 5.69 Å². The largest absolute Gasteiger partial charge is 0.327 e. The number of allylic oxidation sites excluding steroid dienone is 1. The number of rotatable bonds is 2. The number of aromatic amines is 1. The highest BCUT2D eigenvalue weighted by Gasteiger charge is 2.19. The van der Waals surface area contributed by atoms with Crippen molar-refractivity contribution >= 4 is 33.8 Å². The van der Waals surface area contributed by atoms with Crippen LogP contribution in [0.1, 0.15) is 30.2 Å². The van der Waals surface area contributed by atoms with E-state index < -0.39 is 0 Å².